The average Bonchev–Trinajstić information content (AvgIpc) is 3.20. The second-order valence-electron chi connectivity index (χ2n) is 6.47. The van der Waals surface area contributed by atoms with Crippen molar-refractivity contribution in [2.45, 2.75) is 40.8 Å². The van der Waals surface area contributed by atoms with Gasteiger partial charge in [0.05, 0.1) is 0 Å². The van der Waals surface area contributed by atoms with Crippen LogP contribution in [0.3, 0.4) is 0 Å². The van der Waals surface area contributed by atoms with E-state index in [9.17, 15) is 0 Å². The fourth-order valence-electron chi connectivity index (χ4n) is 2.68. The van der Waals surface area contributed by atoms with Gasteiger partial charge in [-0.05, 0) is 62.1 Å². The third-order valence-electron chi connectivity index (χ3n) is 3.80. The van der Waals surface area contributed by atoms with E-state index in [0.29, 0.717) is 9.52 Å². The molecule has 124 valence electrons. The Labute approximate surface area is 152 Å². The molecule has 23 heavy (non-hydrogen) atoms. The van der Waals surface area contributed by atoms with Crippen LogP contribution in [0.1, 0.15) is 27.7 Å². The van der Waals surface area contributed by atoms with Crippen LogP contribution in [-0.2, 0) is 0 Å². The van der Waals surface area contributed by atoms with Gasteiger partial charge in [-0.3, -0.25) is 0 Å². The van der Waals surface area contributed by atoms with Crippen molar-refractivity contribution in [1.29, 1.82) is 0 Å². The summed E-state index contributed by atoms with van der Waals surface area (Å²) < 4.78 is 0. The quantitative estimate of drug-likeness (QED) is 0.483. The number of hydrogen-bond donors (Lipinski definition) is 0. The third-order valence-corrected chi connectivity index (χ3v) is 6.25. The summed E-state index contributed by atoms with van der Waals surface area (Å²) in [5, 5.41) is 0. The van der Waals surface area contributed by atoms with E-state index in [-0.39, 0.29) is 0 Å². The SMILES string of the molecule is CC1=CC2=C(C)CSC2=C1.CC1=CC2=C(C)CSC2=C1.C[SiH2]C. The summed E-state index contributed by atoms with van der Waals surface area (Å²) in [6.07, 6.45) is 9.11. The molecular formula is C20H28S2Si. The molecule has 0 saturated heterocycles. The molecule has 2 heterocycles. The molecule has 0 saturated carbocycles. The monoisotopic (exact) mass is 360 g/mol. The van der Waals surface area contributed by atoms with Gasteiger partial charge in [-0.2, -0.15) is 0 Å². The normalized spacial score (nSPS) is 20.8. The number of fused-ring (bicyclic) bond motifs is 2. The summed E-state index contributed by atoms with van der Waals surface area (Å²) in [6, 6.07) is 0. The van der Waals surface area contributed by atoms with Gasteiger partial charge in [-0.1, -0.05) is 36.4 Å². The lowest BCUT2D eigenvalue weighted by atomic mass is 10.2. The van der Waals surface area contributed by atoms with Crippen molar-refractivity contribution in [3.8, 4) is 0 Å². The highest BCUT2D eigenvalue weighted by molar-refractivity contribution is 8.04. The highest BCUT2D eigenvalue weighted by atomic mass is 32.2. The average molecular weight is 361 g/mol. The number of allylic oxidation sites excluding steroid dienone is 8. The lowest BCUT2D eigenvalue weighted by molar-refractivity contribution is 1.39. The van der Waals surface area contributed by atoms with Gasteiger partial charge in [0.15, 0.2) is 0 Å². The molecule has 2 aliphatic heterocycles. The van der Waals surface area contributed by atoms with Gasteiger partial charge in [0.2, 0.25) is 0 Å². The summed E-state index contributed by atoms with van der Waals surface area (Å²) >= 11 is 3.92. The lowest BCUT2D eigenvalue weighted by Crippen LogP contribution is -1.74. The van der Waals surface area contributed by atoms with Gasteiger partial charge >= 0.3 is 0 Å². The van der Waals surface area contributed by atoms with E-state index < -0.39 is 0 Å². The molecule has 0 atom stereocenters. The van der Waals surface area contributed by atoms with Crippen LogP contribution in [0, 0.1) is 0 Å². The zero-order valence-electron chi connectivity index (χ0n) is 15.2. The van der Waals surface area contributed by atoms with E-state index in [1.807, 2.05) is 23.5 Å². The Balaban J connectivity index is 0.000000143. The van der Waals surface area contributed by atoms with E-state index in [4.69, 9.17) is 0 Å². The first-order valence-corrected chi connectivity index (χ1v) is 13.2. The Morgan fingerprint density at radius 2 is 1.04 bits per heavy atom. The molecule has 0 amide bonds. The van der Waals surface area contributed by atoms with Crippen molar-refractivity contribution in [2.75, 3.05) is 11.5 Å². The maximum Gasteiger partial charge on any atom is 0.0197 e. The summed E-state index contributed by atoms with van der Waals surface area (Å²) in [6.45, 7) is 13.3. The number of rotatable bonds is 0. The molecule has 4 aliphatic rings. The van der Waals surface area contributed by atoms with Crippen LogP contribution in [0.15, 0.2) is 67.6 Å². The topological polar surface area (TPSA) is 0 Å². The Bertz CT molecular complexity index is 612. The standard InChI is InChI=1S/2C9H10S.C2H8Si/c2*1-6-3-8-7(2)5-10-9(8)4-6;1-3-2/h2*3-4H,5H2,1-2H3;3H2,1-2H3. The van der Waals surface area contributed by atoms with E-state index in [1.54, 1.807) is 0 Å². The van der Waals surface area contributed by atoms with Crippen molar-refractivity contribution in [1.82, 2.24) is 0 Å². The van der Waals surface area contributed by atoms with Gasteiger partial charge in [-0.25, -0.2) is 0 Å². The van der Waals surface area contributed by atoms with Crippen molar-refractivity contribution in [3.05, 3.63) is 67.6 Å². The fraction of sp³-hybridized carbons (Fsp3) is 0.400. The molecule has 0 aromatic carbocycles. The predicted molar refractivity (Wildman–Crippen MR) is 114 cm³/mol. The first kappa shape index (κ1) is 18.7. The second-order valence-corrected chi connectivity index (χ2v) is 9.91. The third kappa shape index (κ3) is 4.68. The summed E-state index contributed by atoms with van der Waals surface area (Å²) in [4.78, 5) is 2.96. The van der Waals surface area contributed by atoms with Crippen LogP contribution >= 0.6 is 23.5 Å². The minimum atomic E-state index is 0.417. The summed E-state index contributed by atoms with van der Waals surface area (Å²) in [7, 11) is 0.417. The summed E-state index contributed by atoms with van der Waals surface area (Å²) in [5.74, 6) is 2.40. The van der Waals surface area contributed by atoms with Crippen LogP contribution in [0.4, 0.5) is 0 Å². The molecule has 0 radical (unpaired) electrons. The van der Waals surface area contributed by atoms with E-state index in [1.165, 1.54) is 54.8 Å². The van der Waals surface area contributed by atoms with Crippen LogP contribution in [0.2, 0.25) is 13.1 Å². The molecule has 0 spiro atoms. The molecule has 0 N–H and O–H groups in total. The van der Waals surface area contributed by atoms with Crippen molar-refractivity contribution < 1.29 is 0 Å². The van der Waals surface area contributed by atoms with E-state index in [2.05, 4.69) is 65.1 Å². The number of hydrogen-bond acceptors (Lipinski definition) is 2. The number of thioether (sulfide) groups is 2. The van der Waals surface area contributed by atoms with Crippen LogP contribution in [0.25, 0.3) is 0 Å². The predicted octanol–water partition coefficient (Wildman–Crippen LogP) is 6.04. The van der Waals surface area contributed by atoms with Gasteiger partial charge < -0.3 is 0 Å². The molecule has 0 fully saturated rings. The molecule has 0 aromatic rings. The molecule has 2 aliphatic carbocycles. The molecule has 3 heteroatoms. The first-order chi connectivity index (χ1) is 11.0. The van der Waals surface area contributed by atoms with Gasteiger partial charge in [0.1, 0.15) is 0 Å². The Morgan fingerprint density at radius 1 is 0.696 bits per heavy atom. The Kier molecular flexibility index (Phi) is 6.87. The molecule has 4 rings (SSSR count). The summed E-state index contributed by atoms with van der Waals surface area (Å²) in [5.41, 5.74) is 8.85. The minimum absolute atomic E-state index is 0.417. The Morgan fingerprint density at radius 3 is 1.35 bits per heavy atom. The van der Waals surface area contributed by atoms with Crippen LogP contribution in [-0.4, -0.2) is 21.0 Å². The molecule has 0 unspecified atom stereocenters. The van der Waals surface area contributed by atoms with Crippen molar-refractivity contribution in [3.63, 3.8) is 0 Å². The van der Waals surface area contributed by atoms with E-state index >= 15 is 0 Å². The molecule has 0 bridgehead atoms. The second kappa shape index (κ2) is 8.45. The maximum absolute atomic E-state index is 2.28. The molecule has 0 nitrogen and oxygen atoms in total. The van der Waals surface area contributed by atoms with E-state index in [0.717, 1.165) is 0 Å². The largest absolute Gasteiger partial charge is 0.121 e. The zero-order chi connectivity index (χ0) is 17.0. The van der Waals surface area contributed by atoms with Gasteiger partial charge in [-0.15, -0.1) is 23.5 Å². The van der Waals surface area contributed by atoms with Gasteiger partial charge in [0, 0.05) is 30.8 Å². The smallest absolute Gasteiger partial charge is 0.0197 e. The minimum Gasteiger partial charge on any atom is -0.121 e. The molecule has 0 aromatic heterocycles. The highest BCUT2D eigenvalue weighted by Crippen LogP contribution is 2.42. The Hall–Kier alpha value is -0.643. The first-order valence-electron chi connectivity index (χ1n) is 8.42. The lowest BCUT2D eigenvalue weighted by Gasteiger charge is -1.89. The van der Waals surface area contributed by atoms with Crippen LogP contribution in [0.5, 0.6) is 0 Å². The zero-order valence-corrected chi connectivity index (χ0v) is 18.3. The van der Waals surface area contributed by atoms with Gasteiger partial charge in [0.25, 0.3) is 0 Å². The maximum atomic E-state index is 2.28. The van der Waals surface area contributed by atoms with Crippen molar-refractivity contribution >= 4 is 33.0 Å². The van der Waals surface area contributed by atoms with Crippen LogP contribution < -0.4 is 0 Å². The highest BCUT2D eigenvalue weighted by Gasteiger charge is 2.19. The fourth-order valence-corrected chi connectivity index (χ4v) is 5.05. The molecular weight excluding hydrogens is 332 g/mol. The van der Waals surface area contributed by atoms with Crippen molar-refractivity contribution in [2.24, 2.45) is 0 Å².